The number of hydrogen-bond donors (Lipinski definition) is 2. The molecule has 0 heterocycles. The number of carbonyl (C=O) groups is 4. The zero-order valence-electron chi connectivity index (χ0n) is 11.0. The van der Waals surface area contributed by atoms with Crippen molar-refractivity contribution in [2.24, 2.45) is 5.41 Å². The van der Waals surface area contributed by atoms with Gasteiger partial charge in [0.25, 0.3) is 0 Å². The van der Waals surface area contributed by atoms with Gasteiger partial charge in [-0.2, -0.15) is 0 Å². The zero-order valence-corrected chi connectivity index (χ0v) is 11.0. The lowest BCUT2D eigenvalue weighted by Crippen LogP contribution is -2.39. The third kappa shape index (κ3) is 5.07. The van der Waals surface area contributed by atoms with Crippen molar-refractivity contribution in [1.29, 1.82) is 0 Å². The number of carbonyl (C=O) groups excluding carboxylic acids is 2. The van der Waals surface area contributed by atoms with E-state index in [-0.39, 0.29) is 32.1 Å². The summed E-state index contributed by atoms with van der Waals surface area (Å²) < 4.78 is 4.57. The molecule has 0 aromatic rings. The minimum absolute atomic E-state index is 0.0331. The van der Waals surface area contributed by atoms with E-state index in [1.807, 2.05) is 0 Å². The predicted octanol–water partition coefficient (Wildman–Crippen LogP) is 0.855. The van der Waals surface area contributed by atoms with Crippen molar-refractivity contribution in [3.8, 4) is 0 Å². The molecule has 0 radical (unpaired) electrons. The number of esters is 1. The Balaban J connectivity index is 5.02. The molecule has 0 rings (SSSR count). The molecule has 0 aliphatic rings. The highest BCUT2D eigenvalue weighted by molar-refractivity contribution is 6.02. The van der Waals surface area contributed by atoms with Crippen LogP contribution in [0.3, 0.4) is 0 Å². The highest BCUT2D eigenvalue weighted by atomic mass is 16.5. The summed E-state index contributed by atoms with van der Waals surface area (Å²) in [4.78, 5) is 44.6. The largest absolute Gasteiger partial charge is 0.481 e. The number of aliphatic carboxylic acids is 2. The average Bonchev–Trinajstić information content (AvgIpc) is 2.31. The van der Waals surface area contributed by atoms with Crippen molar-refractivity contribution in [1.82, 2.24) is 0 Å². The Kier molecular flexibility index (Phi) is 6.74. The number of rotatable bonds is 9. The molecule has 0 aromatic carbocycles. The second-order valence-electron chi connectivity index (χ2n) is 4.27. The van der Waals surface area contributed by atoms with E-state index >= 15 is 0 Å². The summed E-state index contributed by atoms with van der Waals surface area (Å²) in [5.74, 6) is -3.49. The molecule has 1 atom stereocenters. The van der Waals surface area contributed by atoms with Crippen molar-refractivity contribution >= 4 is 23.7 Å². The normalized spacial score (nSPS) is 13.4. The van der Waals surface area contributed by atoms with Gasteiger partial charge in [-0.3, -0.25) is 19.2 Å². The molecular weight excluding hydrogens is 256 g/mol. The Hall–Kier alpha value is -1.92. The Bertz CT molecular complexity index is 374. The first-order valence-corrected chi connectivity index (χ1v) is 5.79. The summed E-state index contributed by atoms with van der Waals surface area (Å²) in [5, 5.41) is 17.2. The summed E-state index contributed by atoms with van der Waals surface area (Å²) in [6.45, 7) is 1.18. The second kappa shape index (κ2) is 7.50. The van der Waals surface area contributed by atoms with Gasteiger partial charge in [-0.1, -0.05) is 0 Å². The fourth-order valence-corrected chi connectivity index (χ4v) is 1.88. The molecule has 0 aromatic heterocycles. The highest BCUT2D eigenvalue weighted by Crippen LogP contribution is 2.33. The van der Waals surface area contributed by atoms with Crippen molar-refractivity contribution in [2.75, 3.05) is 7.11 Å². The lowest BCUT2D eigenvalue weighted by atomic mass is 9.75. The van der Waals surface area contributed by atoms with Crippen LogP contribution in [0.4, 0.5) is 0 Å². The molecule has 0 saturated heterocycles. The molecule has 108 valence electrons. The van der Waals surface area contributed by atoms with Crippen LogP contribution in [0.15, 0.2) is 0 Å². The molecule has 19 heavy (non-hydrogen) atoms. The Morgan fingerprint density at radius 1 is 1.00 bits per heavy atom. The standard InChI is InChI=1S/C12H18O7/c1-8(13)12(11(18)19-2,7-5-10(16)17)6-3-4-9(14)15/h3-7H2,1-2H3,(H,14,15)(H,16,17). The lowest BCUT2D eigenvalue weighted by molar-refractivity contribution is -0.159. The summed E-state index contributed by atoms with van der Waals surface area (Å²) >= 11 is 0. The molecule has 2 N–H and O–H groups in total. The maximum atomic E-state index is 11.8. The molecule has 0 spiro atoms. The number of carboxylic acid groups (broad SMARTS) is 2. The quantitative estimate of drug-likeness (QED) is 0.472. The van der Waals surface area contributed by atoms with E-state index in [0.717, 1.165) is 7.11 Å². The minimum atomic E-state index is -1.57. The van der Waals surface area contributed by atoms with Gasteiger partial charge in [0, 0.05) is 12.8 Å². The van der Waals surface area contributed by atoms with Crippen LogP contribution in [0.5, 0.6) is 0 Å². The van der Waals surface area contributed by atoms with E-state index < -0.39 is 29.1 Å². The van der Waals surface area contributed by atoms with Gasteiger partial charge in [0.15, 0.2) is 0 Å². The number of hydrogen-bond acceptors (Lipinski definition) is 5. The van der Waals surface area contributed by atoms with E-state index in [1.54, 1.807) is 0 Å². The highest BCUT2D eigenvalue weighted by Gasteiger charge is 2.44. The summed E-state index contributed by atoms with van der Waals surface area (Å²) in [5.41, 5.74) is -1.57. The van der Waals surface area contributed by atoms with Crippen LogP contribution in [0.1, 0.15) is 39.0 Å². The SMILES string of the molecule is COC(=O)C(CCCC(=O)O)(CCC(=O)O)C(C)=O. The minimum Gasteiger partial charge on any atom is -0.481 e. The molecule has 0 aliphatic heterocycles. The number of methoxy groups -OCH3 is 1. The van der Waals surface area contributed by atoms with Gasteiger partial charge >= 0.3 is 17.9 Å². The summed E-state index contributed by atoms with van der Waals surface area (Å²) in [7, 11) is 1.11. The number of Topliss-reactive ketones (excluding diaryl/α,β-unsaturated/α-hetero) is 1. The van der Waals surface area contributed by atoms with Gasteiger partial charge in [0.1, 0.15) is 11.2 Å². The Morgan fingerprint density at radius 3 is 1.89 bits per heavy atom. The van der Waals surface area contributed by atoms with Gasteiger partial charge in [0.05, 0.1) is 7.11 Å². The molecule has 0 aliphatic carbocycles. The molecule has 0 fully saturated rings. The smallest absolute Gasteiger partial charge is 0.319 e. The van der Waals surface area contributed by atoms with Crippen LogP contribution in [-0.4, -0.2) is 41.0 Å². The van der Waals surface area contributed by atoms with Crippen LogP contribution in [-0.2, 0) is 23.9 Å². The van der Waals surface area contributed by atoms with Crippen molar-refractivity contribution in [3.05, 3.63) is 0 Å². The first-order chi connectivity index (χ1) is 8.76. The molecule has 1 unspecified atom stereocenters. The van der Waals surface area contributed by atoms with Gasteiger partial charge < -0.3 is 14.9 Å². The van der Waals surface area contributed by atoms with Crippen LogP contribution in [0.2, 0.25) is 0 Å². The maximum Gasteiger partial charge on any atom is 0.319 e. The molecule has 0 bridgehead atoms. The van der Waals surface area contributed by atoms with Crippen molar-refractivity contribution in [2.45, 2.75) is 39.0 Å². The van der Waals surface area contributed by atoms with E-state index in [4.69, 9.17) is 10.2 Å². The third-order valence-corrected chi connectivity index (χ3v) is 3.01. The van der Waals surface area contributed by atoms with E-state index in [1.165, 1.54) is 6.92 Å². The molecule has 7 heteroatoms. The Labute approximate surface area is 110 Å². The fraction of sp³-hybridized carbons (Fsp3) is 0.667. The van der Waals surface area contributed by atoms with Gasteiger partial charge in [-0.25, -0.2) is 0 Å². The molecule has 7 nitrogen and oxygen atoms in total. The first-order valence-electron chi connectivity index (χ1n) is 5.79. The topological polar surface area (TPSA) is 118 Å². The van der Waals surface area contributed by atoms with Gasteiger partial charge in [0.2, 0.25) is 0 Å². The molecular formula is C12H18O7. The predicted molar refractivity (Wildman–Crippen MR) is 63.5 cm³/mol. The van der Waals surface area contributed by atoms with Crippen LogP contribution >= 0.6 is 0 Å². The third-order valence-electron chi connectivity index (χ3n) is 3.01. The second-order valence-corrected chi connectivity index (χ2v) is 4.27. The van der Waals surface area contributed by atoms with Crippen LogP contribution in [0.25, 0.3) is 0 Å². The Morgan fingerprint density at radius 2 is 1.53 bits per heavy atom. The summed E-state index contributed by atoms with van der Waals surface area (Å²) in [6, 6.07) is 0. The van der Waals surface area contributed by atoms with Gasteiger partial charge in [-0.15, -0.1) is 0 Å². The number of ketones is 1. The number of carboxylic acids is 2. The first kappa shape index (κ1) is 17.1. The van der Waals surface area contributed by atoms with Crippen LogP contribution in [0, 0.1) is 5.41 Å². The monoisotopic (exact) mass is 274 g/mol. The molecule has 0 amide bonds. The summed E-state index contributed by atoms with van der Waals surface area (Å²) in [6.07, 6.45) is -0.678. The average molecular weight is 274 g/mol. The van der Waals surface area contributed by atoms with E-state index in [2.05, 4.69) is 4.74 Å². The zero-order chi connectivity index (χ0) is 15.1. The van der Waals surface area contributed by atoms with Crippen molar-refractivity contribution in [3.63, 3.8) is 0 Å². The van der Waals surface area contributed by atoms with Crippen LogP contribution < -0.4 is 0 Å². The lowest BCUT2D eigenvalue weighted by Gasteiger charge is -2.27. The van der Waals surface area contributed by atoms with Crippen molar-refractivity contribution < 1.29 is 34.1 Å². The molecule has 0 saturated carbocycles. The van der Waals surface area contributed by atoms with E-state index in [9.17, 15) is 19.2 Å². The fourth-order valence-electron chi connectivity index (χ4n) is 1.88. The maximum absolute atomic E-state index is 11.8. The van der Waals surface area contributed by atoms with E-state index in [0.29, 0.717) is 0 Å². The van der Waals surface area contributed by atoms with Gasteiger partial charge in [-0.05, 0) is 26.2 Å². The number of ether oxygens (including phenoxy) is 1.